The van der Waals surface area contributed by atoms with Gasteiger partial charge in [-0.2, -0.15) is 0 Å². The third kappa shape index (κ3) is 3.29. The Morgan fingerprint density at radius 3 is 2.72 bits per heavy atom. The normalized spacial score (nSPS) is 19.0. The Kier molecular flexibility index (Phi) is 5.57. The summed E-state index contributed by atoms with van der Waals surface area (Å²) in [5, 5.41) is 8.03. The smallest absolute Gasteiger partial charge is 0.0801 e. The molecule has 0 saturated heterocycles. The minimum Gasteiger partial charge on any atom is -0.309 e. The van der Waals surface area contributed by atoms with Crippen molar-refractivity contribution < 1.29 is 0 Å². The Morgan fingerprint density at radius 1 is 1.28 bits per heavy atom. The standard InChI is InChI=1S/C14H25N3S/c1-3-10-15-13(11-8-6-5-7-9-11)14-12(4-2)16-17-18-14/h11,13,15H,3-10H2,1-2H3. The van der Waals surface area contributed by atoms with Gasteiger partial charge in [-0.15, -0.1) is 5.10 Å². The van der Waals surface area contributed by atoms with Gasteiger partial charge in [-0.3, -0.25) is 0 Å². The number of nitrogens with one attached hydrogen (secondary N) is 1. The van der Waals surface area contributed by atoms with Gasteiger partial charge >= 0.3 is 0 Å². The van der Waals surface area contributed by atoms with Crippen molar-refractivity contribution in [1.82, 2.24) is 14.9 Å². The van der Waals surface area contributed by atoms with E-state index in [-0.39, 0.29) is 0 Å². The highest BCUT2D eigenvalue weighted by atomic mass is 32.1. The van der Waals surface area contributed by atoms with Crippen molar-refractivity contribution in [2.75, 3.05) is 6.54 Å². The largest absolute Gasteiger partial charge is 0.309 e. The van der Waals surface area contributed by atoms with Gasteiger partial charge in [0.25, 0.3) is 0 Å². The Morgan fingerprint density at radius 2 is 2.06 bits per heavy atom. The van der Waals surface area contributed by atoms with E-state index in [4.69, 9.17) is 0 Å². The van der Waals surface area contributed by atoms with Crippen LogP contribution in [0.15, 0.2) is 0 Å². The molecule has 0 spiro atoms. The molecule has 2 rings (SSSR count). The SMILES string of the molecule is CCCNC(c1snnc1CC)C1CCCCC1. The lowest BCUT2D eigenvalue weighted by Crippen LogP contribution is -2.30. The summed E-state index contributed by atoms with van der Waals surface area (Å²) in [4.78, 5) is 1.40. The van der Waals surface area contributed by atoms with Gasteiger partial charge in [0.2, 0.25) is 0 Å². The van der Waals surface area contributed by atoms with Gasteiger partial charge in [-0.05, 0) is 49.7 Å². The van der Waals surface area contributed by atoms with Crippen LogP contribution in [0.4, 0.5) is 0 Å². The summed E-state index contributed by atoms with van der Waals surface area (Å²) >= 11 is 1.60. The molecule has 0 bridgehead atoms. The Bertz CT molecular complexity index is 345. The maximum atomic E-state index is 4.29. The van der Waals surface area contributed by atoms with Crippen LogP contribution < -0.4 is 5.32 Å². The zero-order chi connectivity index (χ0) is 12.8. The van der Waals surface area contributed by atoms with Crippen LogP contribution in [-0.4, -0.2) is 16.1 Å². The fraction of sp³-hybridized carbons (Fsp3) is 0.857. The van der Waals surface area contributed by atoms with Crippen LogP contribution in [0.3, 0.4) is 0 Å². The zero-order valence-corrected chi connectivity index (χ0v) is 12.4. The van der Waals surface area contributed by atoms with E-state index in [0.29, 0.717) is 6.04 Å². The zero-order valence-electron chi connectivity index (χ0n) is 11.6. The van der Waals surface area contributed by atoms with Gasteiger partial charge in [-0.25, -0.2) is 0 Å². The molecule has 18 heavy (non-hydrogen) atoms. The third-order valence-electron chi connectivity index (χ3n) is 3.94. The highest BCUT2D eigenvalue weighted by Crippen LogP contribution is 2.36. The second-order valence-electron chi connectivity index (χ2n) is 5.27. The number of hydrogen-bond acceptors (Lipinski definition) is 4. The van der Waals surface area contributed by atoms with Crippen LogP contribution in [0, 0.1) is 5.92 Å². The molecule has 1 unspecified atom stereocenters. The van der Waals surface area contributed by atoms with E-state index in [1.807, 2.05) is 0 Å². The first-order valence-electron chi connectivity index (χ1n) is 7.41. The second kappa shape index (κ2) is 7.19. The van der Waals surface area contributed by atoms with Crippen molar-refractivity contribution in [3.8, 4) is 0 Å². The molecule has 1 N–H and O–H groups in total. The monoisotopic (exact) mass is 267 g/mol. The van der Waals surface area contributed by atoms with E-state index in [9.17, 15) is 0 Å². The highest BCUT2D eigenvalue weighted by molar-refractivity contribution is 7.05. The average molecular weight is 267 g/mol. The van der Waals surface area contributed by atoms with E-state index in [2.05, 4.69) is 28.8 Å². The van der Waals surface area contributed by atoms with Crippen LogP contribution in [0.5, 0.6) is 0 Å². The second-order valence-corrected chi connectivity index (χ2v) is 6.05. The maximum absolute atomic E-state index is 4.29. The van der Waals surface area contributed by atoms with Crippen LogP contribution in [0.2, 0.25) is 0 Å². The molecule has 1 aliphatic carbocycles. The van der Waals surface area contributed by atoms with Crippen molar-refractivity contribution in [2.24, 2.45) is 5.92 Å². The Hall–Kier alpha value is -0.480. The molecule has 1 fully saturated rings. The van der Waals surface area contributed by atoms with E-state index >= 15 is 0 Å². The van der Waals surface area contributed by atoms with Gasteiger partial charge in [0.1, 0.15) is 0 Å². The lowest BCUT2D eigenvalue weighted by atomic mass is 9.83. The van der Waals surface area contributed by atoms with Gasteiger partial charge in [0.15, 0.2) is 0 Å². The average Bonchev–Trinajstić information content (AvgIpc) is 2.89. The first kappa shape index (κ1) is 13.9. The third-order valence-corrected chi connectivity index (χ3v) is 4.79. The minimum atomic E-state index is 0.500. The number of aromatic nitrogens is 2. The predicted octanol–water partition coefficient (Wildman–Crippen LogP) is 3.72. The van der Waals surface area contributed by atoms with E-state index < -0.39 is 0 Å². The quantitative estimate of drug-likeness (QED) is 0.853. The maximum Gasteiger partial charge on any atom is 0.0801 e. The fourth-order valence-corrected chi connectivity index (χ4v) is 3.84. The van der Waals surface area contributed by atoms with E-state index in [0.717, 1.165) is 18.9 Å². The lowest BCUT2D eigenvalue weighted by Gasteiger charge is -2.30. The molecule has 0 radical (unpaired) electrons. The summed E-state index contributed by atoms with van der Waals surface area (Å²) in [7, 11) is 0. The lowest BCUT2D eigenvalue weighted by molar-refractivity contribution is 0.273. The summed E-state index contributed by atoms with van der Waals surface area (Å²) < 4.78 is 4.17. The van der Waals surface area contributed by atoms with Gasteiger partial charge < -0.3 is 5.32 Å². The molecule has 0 aliphatic heterocycles. The number of hydrogen-bond donors (Lipinski definition) is 1. The summed E-state index contributed by atoms with van der Waals surface area (Å²) in [5.41, 5.74) is 1.21. The Labute approximate surface area is 115 Å². The van der Waals surface area contributed by atoms with Crippen molar-refractivity contribution in [2.45, 2.75) is 64.8 Å². The number of rotatable bonds is 6. The van der Waals surface area contributed by atoms with Gasteiger partial charge in [0, 0.05) is 6.04 Å². The molecule has 1 heterocycles. The molecule has 1 atom stereocenters. The molecule has 1 aliphatic rings. The van der Waals surface area contributed by atoms with Gasteiger partial charge in [0.05, 0.1) is 10.6 Å². The number of aryl methyl sites for hydroxylation is 1. The molecule has 1 aromatic heterocycles. The molecular weight excluding hydrogens is 242 g/mol. The first-order chi connectivity index (χ1) is 8.86. The fourth-order valence-electron chi connectivity index (χ4n) is 2.94. The van der Waals surface area contributed by atoms with Crippen molar-refractivity contribution in [3.05, 3.63) is 10.6 Å². The summed E-state index contributed by atoms with van der Waals surface area (Å²) in [5.74, 6) is 0.790. The summed E-state index contributed by atoms with van der Waals surface area (Å²) in [6.45, 7) is 5.51. The topological polar surface area (TPSA) is 37.8 Å². The predicted molar refractivity (Wildman–Crippen MR) is 76.9 cm³/mol. The van der Waals surface area contributed by atoms with Crippen LogP contribution in [-0.2, 0) is 6.42 Å². The molecule has 3 nitrogen and oxygen atoms in total. The van der Waals surface area contributed by atoms with Crippen LogP contribution in [0.25, 0.3) is 0 Å². The van der Waals surface area contributed by atoms with Crippen molar-refractivity contribution >= 4 is 11.5 Å². The van der Waals surface area contributed by atoms with Crippen LogP contribution in [0.1, 0.15) is 69.0 Å². The molecule has 0 aromatic carbocycles. The van der Waals surface area contributed by atoms with E-state index in [1.165, 1.54) is 49.1 Å². The van der Waals surface area contributed by atoms with Crippen LogP contribution >= 0.6 is 11.5 Å². The van der Waals surface area contributed by atoms with Crippen molar-refractivity contribution in [1.29, 1.82) is 0 Å². The highest BCUT2D eigenvalue weighted by Gasteiger charge is 2.28. The summed E-state index contributed by atoms with van der Waals surface area (Å²) in [6, 6.07) is 0.500. The molecule has 4 heteroatoms. The van der Waals surface area contributed by atoms with E-state index in [1.54, 1.807) is 11.5 Å². The van der Waals surface area contributed by atoms with Gasteiger partial charge in [-0.1, -0.05) is 37.6 Å². The first-order valence-corrected chi connectivity index (χ1v) is 8.18. The minimum absolute atomic E-state index is 0.500. The summed E-state index contributed by atoms with van der Waals surface area (Å²) in [6.07, 6.45) is 9.12. The Balaban J connectivity index is 2.12. The molecule has 0 amide bonds. The molecule has 1 aromatic rings. The van der Waals surface area contributed by atoms with Crippen molar-refractivity contribution in [3.63, 3.8) is 0 Å². The molecule has 102 valence electrons. The number of nitrogens with zero attached hydrogens (tertiary/aromatic N) is 2. The molecule has 1 saturated carbocycles. The molecular formula is C14H25N3S.